The van der Waals surface area contributed by atoms with Gasteiger partial charge in [-0.3, -0.25) is 9.69 Å². The Morgan fingerprint density at radius 2 is 2.16 bits per heavy atom. The van der Waals surface area contributed by atoms with Gasteiger partial charge in [0.1, 0.15) is 5.01 Å². The molecule has 6 heteroatoms. The van der Waals surface area contributed by atoms with Gasteiger partial charge >= 0.3 is 0 Å². The van der Waals surface area contributed by atoms with Crippen molar-refractivity contribution in [1.29, 1.82) is 0 Å². The number of carbonyl (C=O) groups excluding carboxylic acids is 1. The number of likely N-dealkylation sites (tertiary alicyclic amines) is 1. The summed E-state index contributed by atoms with van der Waals surface area (Å²) in [6.45, 7) is 1.33. The number of carbonyl (C=O) groups is 1. The van der Waals surface area contributed by atoms with E-state index >= 15 is 0 Å². The first-order valence-electron chi connectivity index (χ1n) is 8.34. The van der Waals surface area contributed by atoms with Gasteiger partial charge in [-0.2, -0.15) is 0 Å². The topological polar surface area (TPSA) is 45.2 Å². The van der Waals surface area contributed by atoms with Crippen LogP contribution in [0.25, 0.3) is 10.2 Å². The van der Waals surface area contributed by atoms with Crippen molar-refractivity contribution in [3.63, 3.8) is 0 Å². The molecule has 0 aliphatic carbocycles. The lowest BCUT2D eigenvalue weighted by molar-refractivity contribution is -0.117. The molecule has 1 N–H and O–H groups in total. The Kier molecular flexibility index (Phi) is 4.83. The number of aromatic nitrogens is 1. The monoisotopic (exact) mass is 415 g/mol. The zero-order valence-electron chi connectivity index (χ0n) is 13.6. The number of fused-ring (bicyclic) bond motifs is 1. The first-order valence-corrected chi connectivity index (χ1v) is 9.95. The summed E-state index contributed by atoms with van der Waals surface area (Å²) in [4.78, 5) is 19.5. The molecule has 25 heavy (non-hydrogen) atoms. The van der Waals surface area contributed by atoms with Crippen LogP contribution in [0.2, 0.25) is 0 Å². The van der Waals surface area contributed by atoms with E-state index in [2.05, 4.69) is 38.3 Å². The zero-order chi connectivity index (χ0) is 17.2. The lowest BCUT2D eigenvalue weighted by Crippen LogP contribution is -2.32. The fourth-order valence-corrected chi connectivity index (χ4v) is 4.82. The summed E-state index contributed by atoms with van der Waals surface area (Å²) < 4.78 is 2.17. The van der Waals surface area contributed by atoms with Crippen molar-refractivity contribution >= 4 is 49.1 Å². The molecule has 1 fully saturated rings. The first-order chi connectivity index (χ1) is 12.2. The molecule has 1 aliphatic heterocycles. The molecular formula is C19H18BrN3OS. The summed E-state index contributed by atoms with van der Waals surface area (Å²) in [7, 11) is 0. The van der Waals surface area contributed by atoms with Crippen LogP contribution in [-0.2, 0) is 4.79 Å². The SMILES string of the molecule is O=C(CN1CCCC1c1nc2ccccc2s1)Nc1cccc(Br)c1. The van der Waals surface area contributed by atoms with Gasteiger partial charge in [-0.25, -0.2) is 4.98 Å². The van der Waals surface area contributed by atoms with E-state index in [9.17, 15) is 4.79 Å². The van der Waals surface area contributed by atoms with Crippen molar-refractivity contribution in [3.8, 4) is 0 Å². The van der Waals surface area contributed by atoms with Gasteiger partial charge in [-0.05, 0) is 49.7 Å². The Balaban J connectivity index is 1.46. The highest BCUT2D eigenvalue weighted by molar-refractivity contribution is 9.10. The molecule has 2 aromatic carbocycles. The Bertz CT molecular complexity index is 877. The van der Waals surface area contributed by atoms with E-state index in [1.54, 1.807) is 11.3 Å². The molecule has 0 bridgehead atoms. The molecule has 0 radical (unpaired) electrons. The molecule has 3 aromatic rings. The number of nitrogens with one attached hydrogen (secondary N) is 1. The normalized spacial score (nSPS) is 17.9. The van der Waals surface area contributed by atoms with Crippen molar-refractivity contribution in [2.24, 2.45) is 0 Å². The Morgan fingerprint density at radius 3 is 3.00 bits per heavy atom. The van der Waals surface area contributed by atoms with Gasteiger partial charge in [0.05, 0.1) is 22.8 Å². The van der Waals surface area contributed by atoms with E-state index in [-0.39, 0.29) is 11.9 Å². The maximum Gasteiger partial charge on any atom is 0.238 e. The van der Waals surface area contributed by atoms with Gasteiger partial charge < -0.3 is 5.32 Å². The molecule has 1 unspecified atom stereocenters. The minimum absolute atomic E-state index is 0.0195. The first kappa shape index (κ1) is 16.7. The van der Waals surface area contributed by atoms with E-state index in [1.807, 2.05) is 36.4 Å². The quantitative estimate of drug-likeness (QED) is 0.663. The molecule has 1 atom stereocenters. The molecule has 2 heterocycles. The molecule has 1 aromatic heterocycles. The number of hydrogen-bond donors (Lipinski definition) is 1. The average molecular weight is 416 g/mol. The highest BCUT2D eigenvalue weighted by atomic mass is 79.9. The summed E-state index contributed by atoms with van der Waals surface area (Å²) in [6.07, 6.45) is 2.16. The third kappa shape index (κ3) is 3.76. The number of rotatable bonds is 4. The van der Waals surface area contributed by atoms with Crippen LogP contribution in [0.4, 0.5) is 5.69 Å². The lowest BCUT2D eigenvalue weighted by atomic mass is 10.2. The van der Waals surface area contributed by atoms with Crippen LogP contribution >= 0.6 is 27.3 Å². The molecule has 128 valence electrons. The highest BCUT2D eigenvalue weighted by Crippen LogP contribution is 2.36. The number of benzene rings is 2. The van der Waals surface area contributed by atoms with Crippen LogP contribution in [0.1, 0.15) is 23.9 Å². The van der Waals surface area contributed by atoms with E-state index in [4.69, 9.17) is 4.98 Å². The number of anilines is 1. The summed E-state index contributed by atoms with van der Waals surface area (Å²) in [5.74, 6) is 0.0195. The Hall–Kier alpha value is -1.76. The van der Waals surface area contributed by atoms with Crippen LogP contribution in [-0.4, -0.2) is 28.9 Å². The minimum Gasteiger partial charge on any atom is -0.325 e. The number of thiazole rings is 1. The van der Waals surface area contributed by atoms with Gasteiger partial charge in [0, 0.05) is 10.2 Å². The van der Waals surface area contributed by atoms with Crippen molar-refractivity contribution in [2.75, 3.05) is 18.4 Å². The molecule has 1 saturated heterocycles. The fraction of sp³-hybridized carbons (Fsp3) is 0.263. The number of amides is 1. The van der Waals surface area contributed by atoms with Crippen molar-refractivity contribution in [3.05, 3.63) is 58.0 Å². The van der Waals surface area contributed by atoms with Crippen LogP contribution in [0.15, 0.2) is 53.0 Å². The molecule has 0 saturated carbocycles. The Labute approximate surface area is 159 Å². The maximum atomic E-state index is 12.4. The second kappa shape index (κ2) is 7.23. The predicted octanol–water partition coefficient (Wildman–Crippen LogP) is 4.83. The van der Waals surface area contributed by atoms with Gasteiger partial charge in [0.15, 0.2) is 0 Å². The molecule has 0 spiro atoms. The maximum absolute atomic E-state index is 12.4. The summed E-state index contributed by atoms with van der Waals surface area (Å²) in [5, 5.41) is 4.10. The van der Waals surface area contributed by atoms with Crippen molar-refractivity contribution < 1.29 is 4.79 Å². The third-order valence-electron chi connectivity index (χ3n) is 4.41. The van der Waals surface area contributed by atoms with E-state index < -0.39 is 0 Å². The number of nitrogens with zero attached hydrogens (tertiary/aromatic N) is 2. The predicted molar refractivity (Wildman–Crippen MR) is 106 cm³/mol. The smallest absolute Gasteiger partial charge is 0.238 e. The van der Waals surface area contributed by atoms with E-state index in [0.717, 1.165) is 40.1 Å². The second-order valence-electron chi connectivity index (χ2n) is 6.21. The molecule has 4 rings (SSSR count). The van der Waals surface area contributed by atoms with E-state index in [1.165, 1.54) is 4.70 Å². The summed E-state index contributed by atoms with van der Waals surface area (Å²) in [6, 6.07) is 16.1. The zero-order valence-corrected chi connectivity index (χ0v) is 16.0. The average Bonchev–Trinajstić information content (AvgIpc) is 3.20. The second-order valence-corrected chi connectivity index (χ2v) is 8.18. The van der Waals surface area contributed by atoms with Crippen molar-refractivity contribution in [2.45, 2.75) is 18.9 Å². The summed E-state index contributed by atoms with van der Waals surface area (Å²) in [5.41, 5.74) is 1.86. The fourth-order valence-electron chi connectivity index (χ4n) is 3.28. The van der Waals surface area contributed by atoms with Crippen LogP contribution in [0.5, 0.6) is 0 Å². The van der Waals surface area contributed by atoms with Crippen LogP contribution < -0.4 is 5.32 Å². The molecule has 4 nitrogen and oxygen atoms in total. The van der Waals surface area contributed by atoms with Crippen LogP contribution in [0.3, 0.4) is 0 Å². The standard InChI is InChI=1S/C19H18BrN3OS/c20-13-5-3-6-14(11-13)21-18(24)12-23-10-4-8-16(23)19-22-15-7-1-2-9-17(15)25-19/h1-3,5-7,9,11,16H,4,8,10,12H2,(H,21,24). The van der Waals surface area contributed by atoms with Gasteiger partial charge in [0.25, 0.3) is 0 Å². The van der Waals surface area contributed by atoms with Gasteiger partial charge in [-0.15, -0.1) is 11.3 Å². The minimum atomic E-state index is 0.0195. The number of halogens is 1. The van der Waals surface area contributed by atoms with E-state index in [0.29, 0.717) is 6.54 Å². The van der Waals surface area contributed by atoms with Crippen LogP contribution in [0, 0.1) is 0 Å². The largest absolute Gasteiger partial charge is 0.325 e. The number of hydrogen-bond acceptors (Lipinski definition) is 4. The third-order valence-corrected chi connectivity index (χ3v) is 6.05. The molecule has 1 amide bonds. The summed E-state index contributed by atoms with van der Waals surface area (Å²) >= 11 is 5.17. The molecule has 1 aliphatic rings. The highest BCUT2D eigenvalue weighted by Gasteiger charge is 2.30. The van der Waals surface area contributed by atoms with Crippen molar-refractivity contribution in [1.82, 2.24) is 9.88 Å². The lowest BCUT2D eigenvalue weighted by Gasteiger charge is -2.22. The Morgan fingerprint density at radius 1 is 1.28 bits per heavy atom. The number of para-hydroxylation sites is 1. The molecular weight excluding hydrogens is 398 g/mol. The van der Waals surface area contributed by atoms with Gasteiger partial charge in [0.2, 0.25) is 5.91 Å². The van der Waals surface area contributed by atoms with Gasteiger partial charge in [-0.1, -0.05) is 34.1 Å².